The van der Waals surface area contributed by atoms with Gasteiger partial charge in [-0.15, -0.1) is 11.8 Å². The zero-order valence-corrected chi connectivity index (χ0v) is 9.42. The highest BCUT2D eigenvalue weighted by molar-refractivity contribution is 8.03. The first kappa shape index (κ1) is 9.66. The zero-order valence-electron chi connectivity index (χ0n) is 8.60. The number of hydrogen-bond donors (Lipinski definition) is 0. The van der Waals surface area contributed by atoms with E-state index in [4.69, 9.17) is 0 Å². The fourth-order valence-corrected chi connectivity index (χ4v) is 2.34. The molecule has 0 saturated heterocycles. The fraction of sp³-hybridized carbons (Fsp3) is 0.333. The van der Waals surface area contributed by atoms with Gasteiger partial charge in [-0.25, -0.2) is 0 Å². The van der Waals surface area contributed by atoms with Gasteiger partial charge in [0.05, 0.1) is 4.87 Å². The SMILES string of the molecule is CC1(C)SC=CN1Cc1ccccc1. The van der Waals surface area contributed by atoms with Crippen LogP contribution in [0, 0.1) is 0 Å². The third kappa shape index (κ3) is 1.95. The Bertz CT molecular complexity index is 329. The predicted octanol–water partition coefficient (Wildman–Crippen LogP) is 3.44. The molecule has 1 heterocycles. The second-order valence-electron chi connectivity index (χ2n) is 3.96. The normalized spacial score (nSPS) is 18.9. The predicted molar refractivity (Wildman–Crippen MR) is 62.8 cm³/mol. The van der Waals surface area contributed by atoms with E-state index in [9.17, 15) is 0 Å². The van der Waals surface area contributed by atoms with Crippen LogP contribution in [0.5, 0.6) is 0 Å². The van der Waals surface area contributed by atoms with Crippen LogP contribution in [0.4, 0.5) is 0 Å². The quantitative estimate of drug-likeness (QED) is 0.727. The maximum atomic E-state index is 2.37. The second kappa shape index (κ2) is 3.70. The molecule has 0 aliphatic carbocycles. The van der Waals surface area contributed by atoms with E-state index in [1.807, 2.05) is 11.8 Å². The van der Waals surface area contributed by atoms with Crippen molar-refractivity contribution in [1.29, 1.82) is 0 Å². The molecule has 2 heteroatoms. The van der Waals surface area contributed by atoms with E-state index >= 15 is 0 Å². The Labute approximate surface area is 89.8 Å². The maximum Gasteiger partial charge on any atom is 0.0843 e. The molecule has 0 bridgehead atoms. The molecular formula is C12H15NS. The Kier molecular flexibility index (Phi) is 2.55. The summed E-state index contributed by atoms with van der Waals surface area (Å²) in [7, 11) is 0. The van der Waals surface area contributed by atoms with E-state index in [-0.39, 0.29) is 4.87 Å². The molecule has 0 fully saturated rings. The molecule has 0 aromatic heterocycles. The van der Waals surface area contributed by atoms with E-state index < -0.39 is 0 Å². The number of hydrogen-bond acceptors (Lipinski definition) is 2. The van der Waals surface area contributed by atoms with Gasteiger partial charge in [0, 0.05) is 12.7 Å². The fourth-order valence-electron chi connectivity index (χ4n) is 1.54. The van der Waals surface area contributed by atoms with Crippen molar-refractivity contribution >= 4 is 11.8 Å². The summed E-state index contributed by atoms with van der Waals surface area (Å²) in [6, 6.07) is 10.6. The van der Waals surface area contributed by atoms with Crippen LogP contribution in [0.15, 0.2) is 41.9 Å². The van der Waals surface area contributed by atoms with E-state index in [0.29, 0.717) is 0 Å². The Balaban J connectivity index is 2.09. The Hall–Kier alpha value is -0.890. The van der Waals surface area contributed by atoms with Gasteiger partial charge >= 0.3 is 0 Å². The van der Waals surface area contributed by atoms with Gasteiger partial charge in [-0.05, 0) is 24.8 Å². The molecule has 1 aromatic rings. The molecule has 0 amide bonds. The number of nitrogens with zero attached hydrogens (tertiary/aromatic N) is 1. The first-order chi connectivity index (χ1) is 6.68. The summed E-state index contributed by atoms with van der Waals surface area (Å²) in [6.45, 7) is 5.50. The third-order valence-electron chi connectivity index (χ3n) is 2.48. The summed E-state index contributed by atoms with van der Waals surface area (Å²) >= 11 is 1.87. The van der Waals surface area contributed by atoms with Crippen LogP contribution < -0.4 is 0 Å². The summed E-state index contributed by atoms with van der Waals surface area (Å²) < 4.78 is 0. The summed E-state index contributed by atoms with van der Waals surface area (Å²) in [6.07, 6.45) is 2.18. The highest BCUT2D eigenvalue weighted by Gasteiger charge is 2.27. The van der Waals surface area contributed by atoms with Crippen LogP contribution in [0.2, 0.25) is 0 Å². The van der Waals surface area contributed by atoms with Gasteiger partial charge in [0.2, 0.25) is 0 Å². The van der Waals surface area contributed by atoms with Gasteiger partial charge in [-0.1, -0.05) is 30.3 Å². The molecule has 1 aliphatic heterocycles. The van der Waals surface area contributed by atoms with Crippen LogP contribution in [-0.2, 0) is 6.54 Å². The highest BCUT2D eigenvalue weighted by Crippen LogP contribution is 2.36. The zero-order chi connectivity index (χ0) is 10.0. The minimum Gasteiger partial charge on any atom is -0.358 e. The van der Waals surface area contributed by atoms with Crippen molar-refractivity contribution in [2.75, 3.05) is 0 Å². The summed E-state index contributed by atoms with van der Waals surface area (Å²) in [5.41, 5.74) is 1.37. The van der Waals surface area contributed by atoms with Crippen LogP contribution in [0.25, 0.3) is 0 Å². The van der Waals surface area contributed by atoms with Gasteiger partial charge in [-0.2, -0.15) is 0 Å². The van der Waals surface area contributed by atoms with Gasteiger partial charge < -0.3 is 4.90 Å². The van der Waals surface area contributed by atoms with Gasteiger partial charge in [0.25, 0.3) is 0 Å². The van der Waals surface area contributed by atoms with Gasteiger partial charge in [-0.3, -0.25) is 0 Å². The van der Waals surface area contributed by atoms with Crippen molar-refractivity contribution < 1.29 is 0 Å². The molecule has 0 radical (unpaired) electrons. The standard InChI is InChI=1S/C12H15NS/c1-12(2)13(8-9-14-12)10-11-6-4-3-5-7-11/h3-9H,10H2,1-2H3. The lowest BCUT2D eigenvalue weighted by Crippen LogP contribution is -2.33. The molecule has 14 heavy (non-hydrogen) atoms. The molecule has 1 aromatic carbocycles. The van der Waals surface area contributed by atoms with E-state index in [1.165, 1.54) is 5.56 Å². The summed E-state index contributed by atoms with van der Waals surface area (Å²) in [4.78, 5) is 2.57. The summed E-state index contributed by atoms with van der Waals surface area (Å²) in [5, 5.41) is 2.17. The third-order valence-corrected chi connectivity index (χ3v) is 3.55. The lowest BCUT2D eigenvalue weighted by atomic mass is 10.2. The Morgan fingerprint density at radius 3 is 2.50 bits per heavy atom. The van der Waals surface area contributed by atoms with E-state index in [0.717, 1.165) is 6.54 Å². The van der Waals surface area contributed by atoms with E-state index in [1.54, 1.807) is 0 Å². The van der Waals surface area contributed by atoms with Gasteiger partial charge in [0.15, 0.2) is 0 Å². The number of thioether (sulfide) groups is 1. The molecule has 1 nitrogen and oxygen atoms in total. The van der Waals surface area contributed by atoms with Crippen molar-refractivity contribution in [2.24, 2.45) is 0 Å². The van der Waals surface area contributed by atoms with Crippen LogP contribution >= 0.6 is 11.8 Å². The van der Waals surface area contributed by atoms with Crippen LogP contribution in [0.3, 0.4) is 0 Å². The van der Waals surface area contributed by atoms with Gasteiger partial charge in [0.1, 0.15) is 0 Å². The number of benzene rings is 1. The highest BCUT2D eigenvalue weighted by atomic mass is 32.2. The Morgan fingerprint density at radius 1 is 1.21 bits per heavy atom. The number of rotatable bonds is 2. The first-order valence-electron chi connectivity index (χ1n) is 4.84. The molecule has 0 N–H and O–H groups in total. The molecule has 0 spiro atoms. The second-order valence-corrected chi connectivity index (χ2v) is 5.47. The van der Waals surface area contributed by atoms with Crippen LogP contribution in [-0.4, -0.2) is 9.77 Å². The van der Waals surface area contributed by atoms with Crippen molar-refractivity contribution in [3.05, 3.63) is 47.5 Å². The molecule has 0 unspecified atom stereocenters. The molecule has 2 rings (SSSR count). The molecule has 0 atom stereocenters. The smallest absolute Gasteiger partial charge is 0.0843 e. The van der Waals surface area contributed by atoms with Crippen LogP contribution in [0.1, 0.15) is 19.4 Å². The average molecular weight is 205 g/mol. The van der Waals surface area contributed by atoms with Crippen molar-refractivity contribution in [2.45, 2.75) is 25.3 Å². The lowest BCUT2D eigenvalue weighted by molar-refractivity contribution is 0.279. The largest absolute Gasteiger partial charge is 0.358 e. The minimum absolute atomic E-state index is 0.204. The molecular weight excluding hydrogens is 190 g/mol. The molecule has 0 saturated carbocycles. The summed E-state index contributed by atoms with van der Waals surface area (Å²) in [5.74, 6) is 0. The maximum absolute atomic E-state index is 2.37. The van der Waals surface area contributed by atoms with Crippen molar-refractivity contribution in [3.8, 4) is 0 Å². The monoisotopic (exact) mass is 205 g/mol. The van der Waals surface area contributed by atoms with E-state index in [2.05, 4.69) is 60.7 Å². The molecule has 74 valence electrons. The first-order valence-corrected chi connectivity index (χ1v) is 5.72. The van der Waals surface area contributed by atoms with Crippen molar-refractivity contribution in [1.82, 2.24) is 4.90 Å². The minimum atomic E-state index is 0.204. The van der Waals surface area contributed by atoms with Crippen molar-refractivity contribution in [3.63, 3.8) is 0 Å². The molecule has 1 aliphatic rings. The lowest BCUT2D eigenvalue weighted by Gasteiger charge is -2.31. The average Bonchev–Trinajstić information content (AvgIpc) is 2.48. The topological polar surface area (TPSA) is 3.24 Å². The Morgan fingerprint density at radius 2 is 1.93 bits per heavy atom.